The molecule has 0 aliphatic carbocycles. The van der Waals surface area contributed by atoms with Gasteiger partial charge in [0.05, 0.1) is 33.5 Å². The minimum absolute atomic E-state index is 0.0379. The number of methoxy groups -OCH3 is 2. The van der Waals surface area contributed by atoms with Gasteiger partial charge < -0.3 is 23.8 Å². The van der Waals surface area contributed by atoms with Crippen LogP contribution in [-0.2, 0) is 20.7 Å². The summed E-state index contributed by atoms with van der Waals surface area (Å²) in [5.74, 6) is 1.54. The Morgan fingerprint density at radius 3 is 2.72 bits per heavy atom. The smallest absolute Gasteiger partial charge is 0.223 e. The first-order chi connectivity index (χ1) is 12.2. The number of piperidine rings is 1. The molecule has 0 spiro atoms. The molecule has 2 saturated heterocycles. The molecule has 0 bridgehead atoms. The van der Waals surface area contributed by atoms with Crippen molar-refractivity contribution in [3.8, 4) is 11.5 Å². The number of amides is 1. The third kappa shape index (κ3) is 4.07. The van der Waals surface area contributed by atoms with Crippen LogP contribution in [-0.4, -0.2) is 57.1 Å². The van der Waals surface area contributed by atoms with E-state index in [1.807, 2.05) is 23.1 Å². The van der Waals surface area contributed by atoms with E-state index in [9.17, 15) is 4.79 Å². The summed E-state index contributed by atoms with van der Waals surface area (Å²) in [7, 11) is 3.24. The number of benzene rings is 1. The number of carbonyl (C=O) groups excluding carboxylic acids is 1. The second kappa shape index (κ2) is 8.54. The molecule has 1 aromatic rings. The highest BCUT2D eigenvalue weighted by atomic mass is 16.7. The van der Waals surface area contributed by atoms with Crippen molar-refractivity contribution in [1.82, 2.24) is 4.90 Å². The number of nitrogens with zero attached hydrogens (tertiary/aromatic N) is 1. The van der Waals surface area contributed by atoms with E-state index in [1.165, 1.54) is 0 Å². The van der Waals surface area contributed by atoms with Crippen LogP contribution in [0.5, 0.6) is 11.5 Å². The molecule has 0 saturated carbocycles. The Morgan fingerprint density at radius 1 is 1.20 bits per heavy atom. The summed E-state index contributed by atoms with van der Waals surface area (Å²) in [4.78, 5) is 14.8. The number of aryl methyl sites for hydroxylation is 1. The topological polar surface area (TPSA) is 57.2 Å². The van der Waals surface area contributed by atoms with E-state index < -0.39 is 0 Å². The molecule has 1 atom stereocenters. The zero-order valence-corrected chi connectivity index (χ0v) is 15.0. The monoisotopic (exact) mass is 349 g/mol. The van der Waals surface area contributed by atoms with Gasteiger partial charge in [-0.3, -0.25) is 4.79 Å². The Balaban J connectivity index is 1.65. The summed E-state index contributed by atoms with van der Waals surface area (Å²) < 4.78 is 22.1. The van der Waals surface area contributed by atoms with Crippen molar-refractivity contribution in [1.29, 1.82) is 0 Å². The molecule has 25 heavy (non-hydrogen) atoms. The number of para-hydroxylation sites is 1. The molecular formula is C19H27NO5. The molecule has 2 fully saturated rings. The Morgan fingerprint density at radius 2 is 2.00 bits per heavy atom. The molecule has 2 aliphatic rings. The van der Waals surface area contributed by atoms with E-state index in [0.29, 0.717) is 37.6 Å². The fraction of sp³-hybridized carbons (Fsp3) is 0.632. The lowest BCUT2D eigenvalue weighted by Crippen LogP contribution is -2.50. The maximum atomic E-state index is 12.8. The predicted molar refractivity (Wildman–Crippen MR) is 92.9 cm³/mol. The molecule has 2 heterocycles. The van der Waals surface area contributed by atoms with Crippen LogP contribution in [0.15, 0.2) is 18.2 Å². The first-order valence-corrected chi connectivity index (χ1v) is 8.97. The van der Waals surface area contributed by atoms with Crippen molar-refractivity contribution >= 4 is 5.91 Å². The van der Waals surface area contributed by atoms with Crippen LogP contribution in [0.25, 0.3) is 0 Å². The highest BCUT2D eigenvalue weighted by Gasteiger charge is 2.35. The van der Waals surface area contributed by atoms with Gasteiger partial charge in [0, 0.05) is 13.0 Å². The third-order valence-corrected chi connectivity index (χ3v) is 4.92. The van der Waals surface area contributed by atoms with E-state index in [1.54, 1.807) is 14.2 Å². The number of ether oxygens (including phenoxy) is 4. The Labute approximate surface area is 149 Å². The van der Waals surface area contributed by atoms with Gasteiger partial charge in [0.2, 0.25) is 5.91 Å². The third-order valence-electron chi connectivity index (χ3n) is 4.92. The van der Waals surface area contributed by atoms with Crippen molar-refractivity contribution < 1.29 is 23.7 Å². The Bertz CT molecular complexity index is 585. The van der Waals surface area contributed by atoms with Gasteiger partial charge in [-0.25, -0.2) is 0 Å². The molecule has 3 rings (SSSR count). The maximum Gasteiger partial charge on any atom is 0.223 e. The van der Waals surface area contributed by atoms with Gasteiger partial charge in [0.15, 0.2) is 17.8 Å². The SMILES string of the molecule is COc1cccc(CCC(=O)N2CCCCC2C2OCCO2)c1OC. The average molecular weight is 349 g/mol. The number of rotatable bonds is 6. The normalized spacial score (nSPS) is 21.4. The van der Waals surface area contributed by atoms with Crippen LogP contribution in [0.2, 0.25) is 0 Å². The molecule has 1 aromatic carbocycles. The quantitative estimate of drug-likeness (QED) is 0.789. The van der Waals surface area contributed by atoms with Crippen LogP contribution >= 0.6 is 0 Å². The van der Waals surface area contributed by atoms with Crippen molar-refractivity contribution in [2.45, 2.75) is 44.4 Å². The summed E-state index contributed by atoms with van der Waals surface area (Å²) in [6, 6.07) is 5.80. The number of hydrogen-bond donors (Lipinski definition) is 0. The lowest BCUT2D eigenvalue weighted by Gasteiger charge is -2.38. The zero-order chi connectivity index (χ0) is 17.6. The highest BCUT2D eigenvalue weighted by molar-refractivity contribution is 5.77. The van der Waals surface area contributed by atoms with Gasteiger partial charge in [-0.1, -0.05) is 12.1 Å². The van der Waals surface area contributed by atoms with Crippen LogP contribution in [0, 0.1) is 0 Å². The van der Waals surface area contributed by atoms with Gasteiger partial charge in [-0.15, -0.1) is 0 Å². The molecule has 6 nitrogen and oxygen atoms in total. The molecular weight excluding hydrogens is 322 g/mol. The molecule has 0 aromatic heterocycles. The summed E-state index contributed by atoms with van der Waals surface area (Å²) in [5.41, 5.74) is 0.983. The van der Waals surface area contributed by atoms with E-state index in [-0.39, 0.29) is 18.2 Å². The van der Waals surface area contributed by atoms with Crippen molar-refractivity contribution in [3.05, 3.63) is 23.8 Å². The largest absolute Gasteiger partial charge is 0.493 e. The standard InChI is InChI=1S/C19H27NO5/c1-22-16-8-5-6-14(18(16)23-2)9-10-17(21)20-11-4-3-7-15(20)19-24-12-13-25-19/h5-6,8,15,19H,3-4,7,9-13H2,1-2H3. The fourth-order valence-electron chi connectivity index (χ4n) is 3.68. The van der Waals surface area contributed by atoms with Crippen LogP contribution in [0.4, 0.5) is 0 Å². The van der Waals surface area contributed by atoms with Gasteiger partial charge in [0.1, 0.15) is 0 Å². The predicted octanol–water partition coefficient (Wildman–Crippen LogP) is 2.39. The zero-order valence-electron chi connectivity index (χ0n) is 15.0. The highest BCUT2D eigenvalue weighted by Crippen LogP contribution is 2.32. The minimum atomic E-state index is -0.268. The summed E-state index contributed by atoms with van der Waals surface area (Å²) in [6.45, 7) is 2.01. The lowest BCUT2D eigenvalue weighted by atomic mass is 10.00. The van der Waals surface area contributed by atoms with Crippen LogP contribution in [0.1, 0.15) is 31.2 Å². The number of likely N-dealkylation sites (tertiary alicyclic amines) is 1. The second-order valence-corrected chi connectivity index (χ2v) is 6.41. The first-order valence-electron chi connectivity index (χ1n) is 8.97. The summed E-state index contributed by atoms with van der Waals surface area (Å²) in [6.07, 6.45) is 3.88. The molecule has 1 unspecified atom stereocenters. The van der Waals surface area contributed by atoms with E-state index >= 15 is 0 Å². The lowest BCUT2D eigenvalue weighted by molar-refractivity contribution is -0.150. The molecule has 0 N–H and O–H groups in total. The molecule has 6 heteroatoms. The maximum absolute atomic E-state index is 12.8. The average Bonchev–Trinajstić information content (AvgIpc) is 3.20. The Hall–Kier alpha value is -1.79. The van der Waals surface area contributed by atoms with Crippen LogP contribution < -0.4 is 9.47 Å². The Kier molecular flexibility index (Phi) is 6.15. The number of carbonyl (C=O) groups is 1. The molecule has 2 aliphatic heterocycles. The fourth-order valence-corrected chi connectivity index (χ4v) is 3.68. The van der Waals surface area contributed by atoms with Gasteiger partial charge in [-0.2, -0.15) is 0 Å². The molecule has 0 radical (unpaired) electrons. The van der Waals surface area contributed by atoms with E-state index in [0.717, 1.165) is 31.4 Å². The summed E-state index contributed by atoms with van der Waals surface area (Å²) in [5, 5.41) is 0. The second-order valence-electron chi connectivity index (χ2n) is 6.41. The van der Waals surface area contributed by atoms with E-state index in [4.69, 9.17) is 18.9 Å². The van der Waals surface area contributed by atoms with Gasteiger partial charge in [-0.05, 0) is 37.3 Å². The van der Waals surface area contributed by atoms with Crippen molar-refractivity contribution in [3.63, 3.8) is 0 Å². The van der Waals surface area contributed by atoms with Crippen molar-refractivity contribution in [2.24, 2.45) is 0 Å². The van der Waals surface area contributed by atoms with Crippen molar-refractivity contribution in [2.75, 3.05) is 34.0 Å². The van der Waals surface area contributed by atoms with Gasteiger partial charge in [0.25, 0.3) is 0 Å². The van der Waals surface area contributed by atoms with Crippen LogP contribution in [0.3, 0.4) is 0 Å². The van der Waals surface area contributed by atoms with Gasteiger partial charge >= 0.3 is 0 Å². The van der Waals surface area contributed by atoms with E-state index in [2.05, 4.69) is 0 Å². The number of hydrogen-bond acceptors (Lipinski definition) is 5. The minimum Gasteiger partial charge on any atom is -0.493 e. The molecule has 1 amide bonds. The molecule has 138 valence electrons. The first kappa shape index (κ1) is 18.0. The summed E-state index contributed by atoms with van der Waals surface area (Å²) >= 11 is 0.